The quantitative estimate of drug-likeness (QED) is 0.396. The van der Waals surface area contributed by atoms with Crippen molar-refractivity contribution in [2.24, 2.45) is 0 Å². The predicted molar refractivity (Wildman–Crippen MR) is 129 cm³/mol. The standard InChI is InChI=1S/C26H34O10/c1-26(2)35-20(13-16-9-8-10-18(31-6)23(16)33-14-28-3)22(27)25(36-26)21-17(30-5)11-12-19(32-7)24(21)34-15-29-4/h8-12,20,25H,13-15H2,1-7H3/t20-,25+/m1/s1. The van der Waals surface area contributed by atoms with E-state index in [4.69, 9.17) is 42.6 Å². The fraction of sp³-hybridized carbons (Fsp3) is 0.500. The van der Waals surface area contributed by atoms with Crippen LogP contribution in [-0.4, -0.2) is 66.8 Å². The van der Waals surface area contributed by atoms with Gasteiger partial charge in [-0.15, -0.1) is 0 Å². The van der Waals surface area contributed by atoms with Gasteiger partial charge in [0.05, 0.1) is 26.9 Å². The Kier molecular flexibility index (Phi) is 9.38. The minimum atomic E-state index is -1.11. The van der Waals surface area contributed by atoms with E-state index >= 15 is 0 Å². The van der Waals surface area contributed by atoms with Crippen molar-refractivity contribution in [2.45, 2.75) is 38.3 Å². The number of benzene rings is 2. The van der Waals surface area contributed by atoms with E-state index in [0.29, 0.717) is 34.3 Å². The number of ketones is 1. The van der Waals surface area contributed by atoms with Crippen LogP contribution in [0.1, 0.15) is 31.1 Å². The zero-order chi connectivity index (χ0) is 26.3. The maximum absolute atomic E-state index is 13.9. The SMILES string of the molecule is COCOc1c(C[C@H]2OC(C)(C)O[C@@H](c3c(OC)ccc(OC)c3OCOC)C2=O)cccc1OC. The van der Waals surface area contributed by atoms with Crippen molar-refractivity contribution in [1.82, 2.24) is 0 Å². The number of hydrogen-bond donors (Lipinski definition) is 0. The van der Waals surface area contributed by atoms with Crippen molar-refractivity contribution in [3.8, 4) is 28.7 Å². The minimum absolute atomic E-state index is 0.0191. The molecular weight excluding hydrogens is 472 g/mol. The Balaban J connectivity index is 2.05. The minimum Gasteiger partial charge on any atom is -0.496 e. The van der Waals surface area contributed by atoms with E-state index < -0.39 is 18.0 Å². The summed E-state index contributed by atoms with van der Waals surface area (Å²) in [7, 11) is 7.59. The highest BCUT2D eigenvalue weighted by Crippen LogP contribution is 2.47. The van der Waals surface area contributed by atoms with Crippen molar-refractivity contribution in [3.05, 3.63) is 41.5 Å². The Morgan fingerprint density at radius 1 is 0.778 bits per heavy atom. The maximum atomic E-state index is 13.9. The summed E-state index contributed by atoms with van der Waals surface area (Å²) in [6.45, 7) is 3.45. The third-order valence-electron chi connectivity index (χ3n) is 5.55. The number of ether oxygens (including phenoxy) is 9. The monoisotopic (exact) mass is 506 g/mol. The molecule has 36 heavy (non-hydrogen) atoms. The van der Waals surface area contributed by atoms with Crippen LogP contribution in [0.2, 0.25) is 0 Å². The third-order valence-corrected chi connectivity index (χ3v) is 5.55. The molecule has 1 saturated heterocycles. The van der Waals surface area contributed by atoms with E-state index in [1.54, 1.807) is 39.2 Å². The van der Waals surface area contributed by atoms with Gasteiger partial charge in [-0.25, -0.2) is 0 Å². The van der Waals surface area contributed by atoms with Crippen LogP contribution < -0.4 is 23.7 Å². The van der Waals surface area contributed by atoms with Gasteiger partial charge in [-0.2, -0.15) is 0 Å². The highest BCUT2D eigenvalue weighted by molar-refractivity contribution is 5.91. The fourth-order valence-corrected chi connectivity index (χ4v) is 4.06. The van der Waals surface area contributed by atoms with Gasteiger partial charge in [0.1, 0.15) is 11.9 Å². The molecule has 3 rings (SSSR count). The van der Waals surface area contributed by atoms with Gasteiger partial charge in [0, 0.05) is 26.2 Å². The van der Waals surface area contributed by atoms with Gasteiger partial charge in [0.15, 0.2) is 54.3 Å². The first kappa shape index (κ1) is 27.5. The van der Waals surface area contributed by atoms with Gasteiger partial charge in [-0.1, -0.05) is 12.1 Å². The Bertz CT molecular complexity index is 1040. The molecule has 0 N–H and O–H groups in total. The average Bonchev–Trinajstić information content (AvgIpc) is 2.87. The number of rotatable bonds is 12. The van der Waals surface area contributed by atoms with Crippen molar-refractivity contribution in [3.63, 3.8) is 0 Å². The van der Waals surface area contributed by atoms with Crippen molar-refractivity contribution < 1.29 is 47.4 Å². The Morgan fingerprint density at radius 3 is 1.97 bits per heavy atom. The zero-order valence-corrected chi connectivity index (χ0v) is 21.7. The molecule has 2 atom stereocenters. The Labute approximate surface area is 211 Å². The number of carbonyl (C=O) groups excluding carboxylic acids is 1. The number of carbonyl (C=O) groups is 1. The lowest BCUT2D eigenvalue weighted by Gasteiger charge is -2.40. The summed E-state index contributed by atoms with van der Waals surface area (Å²) < 4.78 is 50.5. The topological polar surface area (TPSA) is 100 Å². The molecule has 0 unspecified atom stereocenters. The van der Waals surface area contributed by atoms with Gasteiger partial charge >= 0.3 is 0 Å². The average molecular weight is 507 g/mol. The zero-order valence-electron chi connectivity index (χ0n) is 21.7. The Hall–Kier alpha value is -3.05. The molecule has 0 aliphatic carbocycles. The molecule has 0 saturated carbocycles. The molecule has 0 radical (unpaired) electrons. The third kappa shape index (κ3) is 6.01. The summed E-state index contributed by atoms with van der Waals surface area (Å²) in [5.41, 5.74) is 1.11. The lowest BCUT2D eigenvalue weighted by molar-refractivity contribution is -0.281. The molecule has 2 aromatic carbocycles. The van der Waals surface area contributed by atoms with E-state index in [0.717, 1.165) is 5.56 Å². The summed E-state index contributed by atoms with van der Waals surface area (Å²) >= 11 is 0. The van der Waals surface area contributed by atoms with Gasteiger partial charge in [-0.3, -0.25) is 4.79 Å². The second kappa shape index (κ2) is 12.3. The second-order valence-corrected chi connectivity index (χ2v) is 8.37. The van der Waals surface area contributed by atoms with E-state index in [2.05, 4.69) is 0 Å². The largest absolute Gasteiger partial charge is 0.496 e. The highest BCUT2D eigenvalue weighted by Gasteiger charge is 2.46. The molecular formula is C26H34O10. The first-order valence-corrected chi connectivity index (χ1v) is 11.3. The van der Waals surface area contributed by atoms with Crippen LogP contribution in [0.5, 0.6) is 28.7 Å². The lowest BCUT2D eigenvalue weighted by atomic mass is 9.93. The molecule has 1 fully saturated rings. The van der Waals surface area contributed by atoms with Crippen LogP contribution in [-0.2, 0) is 30.2 Å². The van der Waals surface area contributed by atoms with Crippen LogP contribution >= 0.6 is 0 Å². The fourth-order valence-electron chi connectivity index (χ4n) is 4.06. The molecule has 0 spiro atoms. The summed E-state index contributed by atoms with van der Waals surface area (Å²) in [4.78, 5) is 13.9. The molecule has 0 aromatic heterocycles. The molecule has 1 aliphatic rings. The molecule has 1 aliphatic heterocycles. The second-order valence-electron chi connectivity index (χ2n) is 8.37. The number of methoxy groups -OCH3 is 5. The molecule has 0 amide bonds. The first-order chi connectivity index (χ1) is 17.3. The van der Waals surface area contributed by atoms with Crippen molar-refractivity contribution in [2.75, 3.05) is 49.1 Å². The first-order valence-electron chi connectivity index (χ1n) is 11.3. The predicted octanol–water partition coefficient (Wildman–Crippen LogP) is 3.68. The van der Waals surface area contributed by atoms with E-state index in [-0.39, 0.29) is 25.8 Å². The number of para-hydroxylation sites is 1. The smallest absolute Gasteiger partial charge is 0.195 e. The number of Topliss-reactive ketones (excluding diaryl/α,β-unsaturated/α-hetero) is 1. The molecule has 10 heteroatoms. The summed E-state index contributed by atoms with van der Waals surface area (Å²) in [6, 6.07) is 8.83. The van der Waals surface area contributed by atoms with Crippen LogP contribution in [0.25, 0.3) is 0 Å². The molecule has 0 bridgehead atoms. The van der Waals surface area contributed by atoms with Gasteiger partial charge < -0.3 is 42.6 Å². The number of hydrogen-bond acceptors (Lipinski definition) is 10. The van der Waals surface area contributed by atoms with E-state index in [1.165, 1.54) is 28.4 Å². The van der Waals surface area contributed by atoms with Gasteiger partial charge in [-0.05, 0) is 32.0 Å². The Morgan fingerprint density at radius 2 is 1.36 bits per heavy atom. The van der Waals surface area contributed by atoms with Crippen molar-refractivity contribution in [1.29, 1.82) is 0 Å². The summed E-state index contributed by atoms with van der Waals surface area (Å²) in [5.74, 6) is 0.669. The van der Waals surface area contributed by atoms with Crippen LogP contribution in [0.3, 0.4) is 0 Å². The van der Waals surface area contributed by atoms with Crippen LogP contribution in [0, 0.1) is 0 Å². The molecule has 2 aromatic rings. The maximum Gasteiger partial charge on any atom is 0.195 e. The van der Waals surface area contributed by atoms with E-state index in [9.17, 15) is 4.79 Å². The van der Waals surface area contributed by atoms with Gasteiger partial charge in [0.25, 0.3) is 0 Å². The molecule has 1 heterocycles. The normalized spacial score (nSPS) is 19.0. The van der Waals surface area contributed by atoms with Gasteiger partial charge in [0.2, 0.25) is 0 Å². The summed E-state index contributed by atoms with van der Waals surface area (Å²) in [5, 5.41) is 0. The summed E-state index contributed by atoms with van der Waals surface area (Å²) in [6.07, 6.45) is -1.73. The molecule has 10 nitrogen and oxygen atoms in total. The van der Waals surface area contributed by atoms with Crippen molar-refractivity contribution >= 4 is 5.78 Å². The lowest BCUT2D eigenvalue weighted by Crippen LogP contribution is -2.48. The van der Waals surface area contributed by atoms with Crippen LogP contribution in [0.4, 0.5) is 0 Å². The van der Waals surface area contributed by atoms with E-state index in [1.807, 2.05) is 12.1 Å². The highest BCUT2D eigenvalue weighted by atomic mass is 16.7. The van der Waals surface area contributed by atoms with Crippen LogP contribution in [0.15, 0.2) is 30.3 Å². The molecule has 198 valence electrons.